The van der Waals surface area contributed by atoms with Gasteiger partial charge >= 0.3 is 0 Å². The number of nitrogens with zero attached hydrogens (tertiary/aromatic N) is 2. The molecule has 0 fully saturated rings. The number of hydrogen-bond acceptors (Lipinski definition) is 5. The van der Waals surface area contributed by atoms with Gasteiger partial charge in [0.15, 0.2) is 0 Å². The molecule has 36 heavy (non-hydrogen) atoms. The summed E-state index contributed by atoms with van der Waals surface area (Å²) in [4.78, 5) is 29.4. The molecule has 0 bridgehead atoms. The van der Waals surface area contributed by atoms with Gasteiger partial charge in [-0.05, 0) is 43.5 Å². The third-order valence-electron chi connectivity index (χ3n) is 6.67. The van der Waals surface area contributed by atoms with E-state index in [1.165, 1.54) is 6.07 Å². The van der Waals surface area contributed by atoms with Crippen molar-refractivity contribution >= 4 is 17.5 Å². The van der Waals surface area contributed by atoms with Crippen LogP contribution in [0.2, 0.25) is 0 Å². The third-order valence-corrected chi connectivity index (χ3v) is 6.67. The Labute approximate surface area is 213 Å². The molecule has 0 aliphatic carbocycles. The molecule has 0 saturated heterocycles. The molecule has 0 spiro atoms. The first kappa shape index (κ1) is 27.6. The van der Waals surface area contributed by atoms with Crippen molar-refractivity contribution < 1.29 is 23.5 Å². The van der Waals surface area contributed by atoms with E-state index in [4.69, 9.17) is 9.47 Å². The van der Waals surface area contributed by atoms with Gasteiger partial charge in [0.05, 0.1) is 11.7 Å². The smallest absolute Gasteiger partial charge is 0.257 e. The zero-order valence-electron chi connectivity index (χ0n) is 21.9. The highest BCUT2D eigenvalue weighted by atomic mass is 19.1. The molecule has 2 aromatic carbocycles. The Bertz CT molecular complexity index is 1050. The van der Waals surface area contributed by atoms with Crippen molar-refractivity contribution in [2.24, 2.45) is 5.92 Å². The normalized spacial score (nSPS) is 21.7. The van der Waals surface area contributed by atoms with Gasteiger partial charge in [-0.1, -0.05) is 32.0 Å². The molecule has 0 aromatic heterocycles. The highest BCUT2D eigenvalue weighted by Gasteiger charge is 2.29. The van der Waals surface area contributed by atoms with Gasteiger partial charge in [0, 0.05) is 57.5 Å². The summed E-state index contributed by atoms with van der Waals surface area (Å²) in [5, 5.41) is 2.86. The van der Waals surface area contributed by atoms with E-state index in [0.717, 1.165) is 6.42 Å². The minimum Gasteiger partial charge on any atom is -0.491 e. The summed E-state index contributed by atoms with van der Waals surface area (Å²) < 4.78 is 26.4. The molecule has 1 heterocycles. The van der Waals surface area contributed by atoms with Crippen LogP contribution in [0.4, 0.5) is 10.1 Å². The standard InChI is InChI=1S/C28H38FN3O4/c1-6-9-27(33)30-22-12-13-25-23(14-22)28(34)31(4)17-26(35-5)19(2)15-32(20(3)18-36-25)16-21-10-7-8-11-24(21)29/h7-8,10-14,19-20,26H,6,9,15-18H2,1-5H3,(H,30,33)/t19-,20+,26+/m1/s1. The summed E-state index contributed by atoms with van der Waals surface area (Å²) in [6.07, 6.45) is 0.925. The third kappa shape index (κ3) is 7.04. The zero-order chi connectivity index (χ0) is 26.2. The average Bonchev–Trinajstić information content (AvgIpc) is 2.85. The second-order valence-corrected chi connectivity index (χ2v) is 9.63. The molecule has 7 nitrogen and oxygen atoms in total. The molecule has 0 unspecified atom stereocenters. The Morgan fingerprint density at radius 1 is 1.19 bits per heavy atom. The van der Waals surface area contributed by atoms with Crippen molar-refractivity contribution in [3.05, 3.63) is 59.4 Å². The molecule has 3 atom stereocenters. The molecule has 8 heteroatoms. The Morgan fingerprint density at radius 2 is 1.94 bits per heavy atom. The maximum absolute atomic E-state index is 14.5. The summed E-state index contributed by atoms with van der Waals surface area (Å²) in [6.45, 7) is 7.82. The molecule has 1 N–H and O–H groups in total. The first-order valence-electron chi connectivity index (χ1n) is 12.6. The predicted molar refractivity (Wildman–Crippen MR) is 139 cm³/mol. The van der Waals surface area contributed by atoms with E-state index < -0.39 is 0 Å². The second-order valence-electron chi connectivity index (χ2n) is 9.63. The molecular weight excluding hydrogens is 461 g/mol. The van der Waals surface area contributed by atoms with Gasteiger partial charge in [-0.15, -0.1) is 0 Å². The lowest BCUT2D eigenvalue weighted by Gasteiger charge is -2.36. The van der Waals surface area contributed by atoms with Crippen molar-refractivity contribution in [3.63, 3.8) is 0 Å². The van der Waals surface area contributed by atoms with Crippen LogP contribution in [0.25, 0.3) is 0 Å². The van der Waals surface area contributed by atoms with E-state index >= 15 is 0 Å². The van der Waals surface area contributed by atoms with E-state index in [1.54, 1.807) is 49.4 Å². The lowest BCUT2D eigenvalue weighted by atomic mass is 10.0. The molecule has 0 radical (unpaired) electrons. The largest absolute Gasteiger partial charge is 0.491 e. The van der Waals surface area contributed by atoms with Gasteiger partial charge in [0.2, 0.25) is 5.91 Å². The summed E-state index contributed by atoms with van der Waals surface area (Å²) in [5.74, 6) is -0.0278. The van der Waals surface area contributed by atoms with E-state index in [0.29, 0.717) is 55.2 Å². The number of carbonyl (C=O) groups excluding carboxylic acids is 2. The quantitative estimate of drug-likeness (QED) is 0.631. The first-order valence-corrected chi connectivity index (χ1v) is 12.6. The minimum atomic E-state index is -0.235. The maximum Gasteiger partial charge on any atom is 0.257 e. The summed E-state index contributed by atoms with van der Waals surface area (Å²) >= 11 is 0. The van der Waals surface area contributed by atoms with Crippen molar-refractivity contribution in [2.45, 2.75) is 52.3 Å². The maximum atomic E-state index is 14.5. The minimum absolute atomic E-state index is 0.0615. The number of anilines is 1. The van der Waals surface area contributed by atoms with Crippen LogP contribution in [0.15, 0.2) is 42.5 Å². The van der Waals surface area contributed by atoms with E-state index in [-0.39, 0.29) is 35.7 Å². The highest BCUT2D eigenvalue weighted by Crippen LogP contribution is 2.27. The number of carbonyl (C=O) groups is 2. The SMILES string of the molecule is CCCC(=O)Nc1ccc2c(c1)C(=O)N(C)C[C@H](OC)[C@H](C)CN(Cc1ccccc1F)[C@@H](C)CO2. The van der Waals surface area contributed by atoms with Gasteiger partial charge in [-0.2, -0.15) is 0 Å². The van der Waals surface area contributed by atoms with Crippen molar-refractivity contribution in [2.75, 3.05) is 39.2 Å². The molecule has 1 aliphatic heterocycles. The lowest BCUT2D eigenvalue weighted by molar-refractivity contribution is -0.116. The van der Waals surface area contributed by atoms with E-state index in [2.05, 4.69) is 17.1 Å². The monoisotopic (exact) mass is 499 g/mol. The number of rotatable bonds is 6. The molecular formula is C28H38FN3O4. The fourth-order valence-electron chi connectivity index (χ4n) is 4.45. The van der Waals surface area contributed by atoms with Crippen molar-refractivity contribution in [1.82, 2.24) is 9.80 Å². The first-order chi connectivity index (χ1) is 17.2. The second kappa shape index (κ2) is 12.8. The van der Waals surface area contributed by atoms with Crippen LogP contribution in [-0.4, -0.2) is 67.6 Å². The van der Waals surface area contributed by atoms with Crippen molar-refractivity contribution in [1.29, 1.82) is 0 Å². The Morgan fingerprint density at radius 3 is 2.64 bits per heavy atom. The summed E-state index contributed by atoms with van der Waals surface area (Å²) in [6, 6.07) is 11.9. The van der Waals surface area contributed by atoms with Crippen LogP contribution in [-0.2, 0) is 16.1 Å². The van der Waals surface area contributed by atoms with Crippen LogP contribution >= 0.6 is 0 Å². The number of fused-ring (bicyclic) bond motifs is 1. The number of ether oxygens (including phenoxy) is 2. The van der Waals surface area contributed by atoms with Crippen LogP contribution in [0.1, 0.15) is 49.5 Å². The van der Waals surface area contributed by atoms with Gasteiger partial charge in [0.1, 0.15) is 18.2 Å². The number of likely N-dealkylation sites (N-methyl/N-ethyl adjacent to an activating group) is 1. The van der Waals surface area contributed by atoms with Gasteiger partial charge < -0.3 is 19.7 Å². The van der Waals surface area contributed by atoms with Gasteiger partial charge in [0.25, 0.3) is 5.91 Å². The Hall–Kier alpha value is -2.97. The number of amides is 2. The van der Waals surface area contributed by atoms with Crippen LogP contribution in [0.3, 0.4) is 0 Å². The van der Waals surface area contributed by atoms with Crippen molar-refractivity contribution in [3.8, 4) is 5.75 Å². The number of nitrogens with one attached hydrogen (secondary N) is 1. The van der Waals surface area contributed by atoms with Gasteiger partial charge in [-0.3, -0.25) is 14.5 Å². The highest BCUT2D eigenvalue weighted by molar-refractivity contribution is 5.99. The number of hydrogen-bond donors (Lipinski definition) is 1. The van der Waals surface area contributed by atoms with E-state index in [9.17, 15) is 14.0 Å². The summed E-state index contributed by atoms with van der Waals surface area (Å²) in [7, 11) is 3.38. The predicted octanol–water partition coefficient (Wildman–Crippen LogP) is 4.57. The fourth-order valence-corrected chi connectivity index (χ4v) is 4.45. The molecule has 2 amide bonds. The topological polar surface area (TPSA) is 71.1 Å². The average molecular weight is 500 g/mol. The Kier molecular flexibility index (Phi) is 9.84. The number of benzene rings is 2. The Balaban J connectivity index is 1.93. The number of methoxy groups -OCH3 is 1. The molecule has 196 valence electrons. The van der Waals surface area contributed by atoms with Crippen LogP contribution in [0.5, 0.6) is 5.75 Å². The molecule has 2 aromatic rings. The fraction of sp³-hybridized carbons (Fsp3) is 0.500. The van der Waals surface area contributed by atoms with E-state index in [1.807, 2.05) is 19.9 Å². The summed E-state index contributed by atoms with van der Waals surface area (Å²) in [5.41, 5.74) is 1.55. The molecule has 1 aliphatic rings. The molecule has 3 rings (SSSR count). The van der Waals surface area contributed by atoms with Crippen LogP contribution < -0.4 is 10.1 Å². The zero-order valence-corrected chi connectivity index (χ0v) is 21.9. The van der Waals surface area contributed by atoms with Gasteiger partial charge in [-0.25, -0.2) is 4.39 Å². The lowest BCUT2D eigenvalue weighted by Crippen LogP contribution is -2.46. The molecule has 0 saturated carbocycles. The van der Waals surface area contributed by atoms with Crippen LogP contribution in [0, 0.1) is 11.7 Å². The number of halogens is 1.